The first-order valence-electron chi connectivity index (χ1n) is 10.7. The van der Waals surface area contributed by atoms with Crippen LogP contribution in [0.1, 0.15) is 22.2 Å². The minimum atomic E-state index is -0.750. The lowest BCUT2D eigenvalue weighted by molar-refractivity contribution is -0.127. The zero-order valence-electron chi connectivity index (χ0n) is 19.2. The van der Waals surface area contributed by atoms with Crippen molar-refractivity contribution in [3.63, 3.8) is 0 Å². The van der Waals surface area contributed by atoms with Crippen molar-refractivity contribution in [2.24, 2.45) is 5.10 Å². The number of nitrogens with zero attached hydrogens (tertiary/aromatic N) is 1. The van der Waals surface area contributed by atoms with Crippen LogP contribution < -0.4 is 19.6 Å². The van der Waals surface area contributed by atoms with E-state index in [-0.39, 0.29) is 5.75 Å². The highest BCUT2D eigenvalue weighted by atomic mass is 79.9. The molecule has 1 heterocycles. The Morgan fingerprint density at radius 3 is 2.56 bits per heavy atom. The number of methoxy groups -OCH3 is 1. The maximum atomic E-state index is 12.8. The van der Waals surface area contributed by atoms with Crippen molar-refractivity contribution in [1.29, 1.82) is 0 Å². The number of hydrazone groups is 1. The van der Waals surface area contributed by atoms with Gasteiger partial charge in [-0.05, 0) is 61.0 Å². The first-order chi connectivity index (χ1) is 17.4. The van der Waals surface area contributed by atoms with E-state index >= 15 is 0 Å². The minimum absolute atomic E-state index is 0.230. The molecule has 4 aromatic rings. The molecule has 10 heteroatoms. The van der Waals surface area contributed by atoms with Crippen LogP contribution >= 0.6 is 38.9 Å². The summed E-state index contributed by atoms with van der Waals surface area (Å²) >= 11 is 11.0. The molecule has 184 valence electrons. The molecule has 4 rings (SSSR count). The van der Waals surface area contributed by atoms with E-state index in [0.717, 1.165) is 14.6 Å². The monoisotopic (exact) mass is 586 g/mol. The molecule has 0 aliphatic heterocycles. The third kappa shape index (κ3) is 6.04. The van der Waals surface area contributed by atoms with E-state index in [9.17, 15) is 9.59 Å². The fourth-order valence-corrected chi connectivity index (χ4v) is 4.82. The molecule has 0 saturated heterocycles. The van der Waals surface area contributed by atoms with Gasteiger partial charge in [-0.2, -0.15) is 5.10 Å². The Hall–Kier alpha value is -3.40. The standard InChI is InChI=1S/C26H20BrClN2O5S/c1-15(34-18-10-8-17(27)9-11-18)25(31)30-29-14-16-7-12-20(21(13-16)33-2)35-26(32)24-23(28)19-5-3-4-6-22(19)36-24/h3-15H,1-2H3,(H,30,31)/b29-14-/t15-/m0/s1. The Morgan fingerprint density at radius 2 is 1.83 bits per heavy atom. The van der Waals surface area contributed by atoms with Crippen molar-refractivity contribution < 1.29 is 23.8 Å². The molecule has 36 heavy (non-hydrogen) atoms. The lowest BCUT2D eigenvalue weighted by Crippen LogP contribution is -2.33. The number of carbonyl (C=O) groups is 2. The maximum absolute atomic E-state index is 12.8. The maximum Gasteiger partial charge on any atom is 0.355 e. The van der Waals surface area contributed by atoms with Gasteiger partial charge < -0.3 is 14.2 Å². The average Bonchev–Trinajstić information content (AvgIpc) is 3.22. The number of ether oxygens (including phenoxy) is 3. The van der Waals surface area contributed by atoms with Gasteiger partial charge in [0, 0.05) is 14.6 Å². The fourth-order valence-electron chi connectivity index (χ4n) is 3.17. The number of halogens is 2. The Kier molecular flexibility index (Phi) is 8.25. The van der Waals surface area contributed by atoms with Gasteiger partial charge in [0.25, 0.3) is 5.91 Å². The quantitative estimate of drug-likeness (QED) is 0.111. The van der Waals surface area contributed by atoms with Crippen molar-refractivity contribution in [3.05, 3.63) is 86.7 Å². The molecule has 0 spiro atoms. The highest BCUT2D eigenvalue weighted by Gasteiger charge is 2.20. The third-order valence-electron chi connectivity index (χ3n) is 4.99. The van der Waals surface area contributed by atoms with Gasteiger partial charge in [0.05, 0.1) is 18.3 Å². The summed E-state index contributed by atoms with van der Waals surface area (Å²) in [4.78, 5) is 25.4. The summed E-state index contributed by atoms with van der Waals surface area (Å²) in [6, 6.07) is 19.5. The summed E-state index contributed by atoms with van der Waals surface area (Å²) in [7, 11) is 1.46. The van der Waals surface area contributed by atoms with Gasteiger partial charge in [-0.15, -0.1) is 11.3 Å². The van der Waals surface area contributed by atoms with E-state index in [1.54, 1.807) is 37.3 Å². The summed E-state index contributed by atoms with van der Waals surface area (Å²) in [6.07, 6.45) is 0.696. The van der Waals surface area contributed by atoms with Gasteiger partial charge >= 0.3 is 5.97 Å². The molecule has 1 aromatic heterocycles. The first-order valence-corrected chi connectivity index (χ1v) is 12.7. The van der Waals surface area contributed by atoms with E-state index in [1.165, 1.54) is 24.7 Å². The highest BCUT2D eigenvalue weighted by molar-refractivity contribution is 9.10. The molecule has 3 aromatic carbocycles. The number of benzene rings is 3. The van der Waals surface area contributed by atoms with Crippen LogP contribution in [0.2, 0.25) is 5.02 Å². The summed E-state index contributed by atoms with van der Waals surface area (Å²) in [6.45, 7) is 1.63. The summed E-state index contributed by atoms with van der Waals surface area (Å²) in [5.41, 5.74) is 3.06. The van der Waals surface area contributed by atoms with Crippen LogP contribution in [0, 0.1) is 0 Å². The van der Waals surface area contributed by atoms with Crippen LogP contribution in [0.5, 0.6) is 17.2 Å². The molecule has 0 fully saturated rings. The zero-order chi connectivity index (χ0) is 25.7. The van der Waals surface area contributed by atoms with E-state index in [4.69, 9.17) is 25.8 Å². The van der Waals surface area contributed by atoms with Crippen molar-refractivity contribution in [2.45, 2.75) is 13.0 Å². The molecule has 1 atom stereocenters. The number of esters is 1. The van der Waals surface area contributed by atoms with Gasteiger partial charge in [0.2, 0.25) is 0 Å². The van der Waals surface area contributed by atoms with Crippen LogP contribution in [0.3, 0.4) is 0 Å². The molecule has 1 N–H and O–H groups in total. The number of carbonyl (C=O) groups excluding carboxylic acids is 2. The second-order valence-corrected chi connectivity index (χ2v) is 9.84. The first kappa shape index (κ1) is 25.7. The molecule has 0 bridgehead atoms. The summed E-state index contributed by atoms with van der Waals surface area (Å²) < 4.78 is 18.3. The van der Waals surface area contributed by atoms with E-state index in [0.29, 0.717) is 27.0 Å². The molecule has 0 saturated carbocycles. The Labute approximate surface area is 224 Å². The molecule has 0 unspecified atom stereocenters. The molecule has 0 aliphatic rings. The average molecular weight is 588 g/mol. The van der Waals surface area contributed by atoms with Crippen LogP contribution in [0.4, 0.5) is 0 Å². The minimum Gasteiger partial charge on any atom is -0.493 e. The van der Waals surface area contributed by atoms with Crippen molar-refractivity contribution in [1.82, 2.24) is 5.43 Å². The lowest BCUT2D eigenvalue weighted by Gasteiger charge is -2.13. The van der Waals surface area contributed by atoms with Crippen LogP contribution in [0.15, 0.2) is 76.3 Å². The van der Waals surface area contributed by atoms with Gasteiger partial charge in [-0.1, -0.05) is 45.7 Å². The van der Waals surface area contributed by atoms with Crippen LogP contribution in [-0.4, -0.2) is 31.3 Å². The van der Waals surface area contributed by atoms with E-state index in [1.807, 2.05) is 36.4 Å². The molecule has 1 amide bonds. The Balaban J connectivity index is 1.39. The SMILES string of the molecule is COc1cc(/C=N\NC(=O)[C@H](C)Oc2ccc(Br)cc2)ccc1OC(=O)c1sc2ccccc2c1Cl. The second kappa shape index (κ2) is 11.6. The topological polar surface area (TPSA) is 86.2 Å². The molecule has 0 radical (unpaired) electrons. The van der Waals surface area contributed by atoms with Crippen LogP contribution in [-0.2, 0) is 4.79 Å². The normalized spacial score (nSPS) is 11.9. The Bertz CT molecular complexity index is 1440. The smallest absolute Gasteiger partial charge is 0.355 e. The van der Waals surface area contributed by atoms with Crippen molar-refractivity contribution in [3.8, 4) is 17.2 Å². The second-order valence-electron chi connectivity index (χ2n) is 7.49. The lowest BCUT2D eigenvalue weighted by atomic mass is 10.2. The number of fused-ring (bicyclic) bond motifs is 1. The summed E-state index contributed by atoms with van der Waals surface area (Å²) in [5, 5.41) is 5.13. The molecule has 0 aliphatic carbocycles. The molecular weight excluding hydrogens is 568 g/mol. The number of amides is 1. The van der Waals surface area contributed by atoms with Crippen LogP contribution in [0.25, 0.3) is 10.1 Å². The fraction of sp³-hybridized carbons (Fsp3) is 0.115. The number of hydrogen-bond acceptors (Lipinski definition) is 7. The van der Waals surface area contributed by atoms with Gasteiger partial charge in [0.15, 0.2) is 17.6 Å². The van der Waals surface area contributed by atoms with E-state index in [2.05, 4.69) is 26.5 Å². The van der Waals surface area contributed by atoms with Gasteiger partial charge in [0.1, 0.15) is 10.6 Å². The third-order valence-corrected chi connectivity index (χ3v) is 7.18. The molecule has 7 nitrogen and oxygen atoms in total. The largest absolute Gasteiger partial charge is 0.493 e. The number of hydrogen-bond donors (Lipinski definition) is 1. The Morgan fingerprint density at radius 1 is 1.08 bits per heavy atom. The predicted molar refractivity (Wildman–Crippen MR) is 145 cm³/mol. The zero-order valence-corrected chi connectivity index (χ0v) is 22.3. The molecular formula is C26H20BrClN2O5S. The van der Waals surface area contributed by atoms with E-state index < -0.39 is 18.0 Å². The number of nitrogens with one attached hydrogen (secondary N) is 1. The van der Waals surface area contributed by atoms with Crippen molar-refractivity contribution in [2.75, 3.05) is 7.11 Å². The van der Waals surface area contributed by atoms with Crippen molar-refractivity contribution >= 4 is 67.0 Å². The van der Waals surface area contributed by atoms with Gasteiger partial charge in [-0.3, -0.25) is 4.79 Å². The predicted octanol–water partition coefficient (Wildman–Crippen LogP) is 6.46. The highest BCUT2D eigenvalue weighted by Crippen LogP contribution is 2.37. The number of rotatable bonds is 8. The summed E-state index contributed by atoms with van der Waals surface area (Å²) in [5.74, 6) is 0.132. The number of thiophene rings is 1. The van der Waals surface area contributed by atoms with Gasteiger partial charge in [-0.25, -0.2) is 10.2 Å².